The van der Waals surface area contributed by atoms with Crippen molar-refractivity contribution in [1.29, 1.82) is 0 Å². The van der Waals surface area contributed by atoms with Gasteiger partial charge in [-0.2, -0.15) is 0 Å². The first-order valence-electron chi connectivity index (χ1n) is 6.96. The number of Topliss-reactive ketones (excluding diaryl/α,β-unsaturated/α-hetero) is 3. The van der Waals surface area contributed by atoms with E-state index in [0.717, 1.165) is 0 Å². The van der Waals surface area contributed by atoms with Crippen LogP contribution < -0.4 is 15.3 Å². The van der Waals surface area contributed by atoms with Crippen molar-refractivity contribution in [3.8, 4) is 0 Å². The van der Waals surface area contributed by atoms with E-state index >= 15 is 0 Å². The number of rotatable bonds is 9. The minimum Gasteiger partial charge on any atom is -0.550 e. The fourth-order valence-electron chi connectivity index (χ4n) is 0.834. The van der Waals surface area contributed by atoms with Crippen LogP contribution in [0.25, 0.3) is 0 Å². The second-order valence-corrected chi connectivity index (χ2v) is 4.72. The van der Waals surface area contributed by atoms with E-state index < -0.39 is 17.9 Å². The van der Waals surface area contributed by atoms with Gasteiger partial charge < -0.3 is 44.1 Å². The zero-order chi connectivity index (χ0) is 19.7. The van der Waals surface area contributed by atoms with Crippen LogP contribution in [0.5, 0.6) is 0 Å². The third-order valence-electron chi connectivity index (χ3n) is 2.04. The van der Waals surface area contributed by atoms with Crippen molar-refractivity contribution >= 4 is 35.3 Å². The van der Waals surface area contributed by atoms with Gasteiger partial charge in [0.15, 0.2) is 0 Å². The van der Waals surface area contributed by atoms with Gasteiger partial charge in [0.05, 0.1) is 0 Å². The van der Waals surface area contributed by atoms with Gasteiger partial charge in [0.1, 0.15) is 17.3 Å². The van der Waals surface area contributed by atoms with Gasteiger partial charge in [0.25, 0.3) is 0 Å². The molecule has 0 aromatic rings. The molecule has 0 heterocycles. The van der Waals surface area contributed by atoms with Crippen LogP contribution in [0.3, 0.4) is 0 Å². The molecule has 0 N–H and O–H groups in total. The number of carboxylic acids is 3. The summed E-state index contributed by atoms with van der Waals surface area (Å²) in [5, 5.41) is 28.9. The van der Waals surface area contributed by atoms with Crippen molar-refractivity contribution in [2.24, 2.45) is 0 Å². The van der Waals surface area contributed by atoms with Crippen molar-refractivity contribution in [2.45, 2.75) is 59.3 Å². The average molecular weight is 390 g/mol. The molecule has 0 aromatic carbocycles. The zero-order valence-electron chi connectivity index (χ0n) is 14.5. The van der Waals surface area contributed by atoms with Crippen LogP contribution in [-0.4, -0.2) is 35.3 Å². The van der Waals surface area contributed by atoms with Gasteiger partial charge in [-0.3, -0.25) is 0 Å². The maximum absolute atomic E-state index is 10.1. The molecule has 0 aromatic heterocycles. The van der Waals surface area contributed by atoms with E-state index in [2.05, 4.69) is 0 Å². The van der Waals surface area contributed by atoms with Crippen LogP contribution in [0.2, 0.25) is 0 Å². The summed E-state index contributed by atoms with van der Waals surface area (Å²) < 4.78 is 0. The van der Waals surface area contributed by atoms with E-state index in [1.807, 2.05) is 0 Å². The summed E-state index contributed by atoms with van der Waals surface area (Å²) in [6.07, 6.45) is -0.215. The van der Waals surface area contributed by atoms with Crippen LogP contribution in [0, 0.1) is 0 Å². The molecule has 9 nitrogen and oxygen atoms in total. The number of carboxylic acid groups (broad SMARTS) is 3. The number of carbonyl (C=O) groups is 6. The van der Waals surface area contributed by atoms with Crippen LogP contribution in [0.1, 0.15) is 59.3 Å². The maximum atomic E-state index is 10.1. The largest absolute Gasteiger partial charge is 3.00 e. The smallest absolute Gasteiger partial charge is 0.550 e. The van der Waals surface area contributed by atoms with Gasteiger partial charge in [0.2, 0.25) is 0 Å². The number of aliphatic carboxylic acids is 3. The van der Waals surface area contributed by atoms with Gasteiger partial charge in [-0.05, 0) is 40.0 Å². The summed E-state index contributed by atoms with van der Waals surface area (Å²) in [7, 11) is 0. The summed E-state index contributed by atoms with van der Waals surface area (Å²) in [5.41, 5.74) is 0. The molecule has 0 unspecified atom stereocenters. The molecule has 0 aliphatic rings. The van der Waals surface area contributed by atoms with Crippen LogP contribution in [-0.2, 0) is 54.6 Å². The number of hydrogen-bond acceptors (Lipinski definition) is 9. The first-order chi connectivity index (χ1) is 10.9. The second-order valence-electron chi connectivity index (χ2n) is 4.72. The predicted molar refractivity (Wildman–Crippen MR) is 74.8 cm³/mol. The average Bonchev–Trinajstić information content (AvgIpc) is 2.42. The fraction of sp³-hybridized carbons (Fsp3) is 0.600. The summed E-state index contributed by atoms with van der Waals surface area (Å²) in [6, 6.07) is 0. The van der Waals surface area contributed by atoms with Crippen molar-refractivity contribution < 1.29 is 69.9 Å². The molecule has 0 spiro atoms. The fourth-order valence-corrected chi connectivity index (χ4v) is 0.834. The first kappa shape index (κ1) is 31.1. The molecule has 0 amide bonds. The third-order valence-corrected chi connectivity index (χ3v) is 2.04. The number of hydrogen-bond donors (Lipinski definition) is 0. The van der Waals surface area contributed by atoms with Gasteiger partial charge >= 0.3 is 25.8 Å². The Morgan fingerprint density at radius 2 is 0.640 bits per heavy atom. The molecule has 0 radical (unpaired) electrons. The number of carbonyl (C=O) groups excluding carboxylic acids is 6. The maximum Gasteiger partial charge on any atom is 3.00 e. The molecule has 0 aliphatic heterocycles. The molecule has 0 saturated carbocycles. The monoisotopic (exact) mass is 390 g/mol. The summed E-state index contributed by atoms with van der Waals surface area (Å²) in [6.45, 7) is 4.05. The Kier molecular flexibility index (Phi) is 25.3. The minimum absolute atomic E-state index is 0. The molecule has 0 atom stereocenters. The van der Waals surface area contributed by atoms with E-state index in [4.69, 9.17) is 0 Å². The van der Waals surface area contributed by atoms with Gasteiger partial charge in [0, 0.05) is 37.2 Å². The molecular weight excluding hydrogens is 369 g/mol. The Labute approximate surface area is 164 Å². The Hall–Kier alpha value is -1.71. The van der Waals surface area contributed by atoms with Gasteiger partial charge in [-0.1, -0.05) is 0 Å². The van der Waals surface area contributed by atoms with E-state index in [0.29, 0.717) is 0 Å². The van der Waals surface area contributed by atoms with E-state index in [1.165, 1.54) is 20.8 Å². The van der Waals surface area contributed by atoms with E-state index in [1.54, 1.807) is 0 Å². The van der Waals surface area contributed by atoms with Crippen molar-refractivity contribution in [3.63, 3.8) is 0 Å². The summed E-state index contributed by atoms with van der Waals surface area (Å²) in [5.74, 6) is -3.85. The van der Waals surface area contributed by atoms with E-state index in [9.17, 15) is 44.1 Å². The Balaban J connectivity index is -0.000000130. The van der Waals surface area contributed by atoms with Crippen molar-refractivity contribution in [1.82, 2.24) is 0 Å². The Morgan fingerprint density at radius 3 is 0.680 bits per heavy atom. The van der Waals surface area contributed by atoms with Crippen LogP contribution in [0.15, 0.2) is 0 Å². The Bertz CT molecular complexity index is 349. The molecule has 0 saturated heterocycles. The Morgan fingerprint density at radius 1 is 0.480 bits per heavy atom. The molecule has 0 fully saturated rings. The summed E-state index contributed by atoms with van der Waals surface area (Å²) >= 11 is 0. The topological polar surface area (TPSA) is 172 Å². The quantitative estimate of drug-likeness (QED) is 0.406. The normalized spacial score (nSPS) is 8.28. The van der Waals surface area contributed by atoms with Crippen LogP contribution >= 0.6 is 0 Å². The SMILES string of the molecule is CC(=O)CCC(=O)[O-].CC(=O)CCC(=O)[O-].CC(=O)CCC(=O)[O-].[Sc+3]. The van der Waals surface area contributed by atoms with Crippen LogP contribution in [0.4, 0.5) is 0 Å². The predicted octanol–water partition coefficient (Wildman–Crippen LogP) is -2.69. The number of ketones is 3. The summed E-state index contributed by atoms with van der Waals surface area (Å²) in [4.78, 5) is 59.1. The molecular formula is C15H21O9Sc. The first-order valence-corrected chi connectivity index (χ1v) is 6.96. The molecule has 0 rings (SSSR count). The molecule has 10 heteroatoms. The second kappa shape index (κ2) is 20.3. The van der Waals surface area contributed by atoms with E-state index in [-0.39, 0.29) is 81.7 Å². The minimum atomic E-state index is -1.17. The molecule has 25 heavy (non-hydrogen) atoms. The van der Waals surface area contributed by atoms with Crippen molar-refractivity contribution in [3.05, 3.63) is 0 Å². The van der Waals surface area contributed by atoms with Gasteiger partial charge in [-0.25, -0.2) is 0 Å². The zero-order valence-corrected chi connectivity index (χ0v) is 16.3. The molecule has 0 aliphatic carbocycles. The molecule has 138 valence electrons. The third kappa shape index (κ3) is 52.0. The standard InChI is InChI=1S/3C5H8O3.Sc/c3*1-4(6)2-3-5(7)8;/h3*2-3H2,1H3,(H,7,8);/q;;;+3/p-3. The van der Waals surface area contributed by atoms with Crippen molar-refractivity contribution in [2.75, 3.05) is 0 Å². The molecule has 0 bridgehead atoms. The van der Waals surface area contributed by atoms with Gasteiger partial charge in [-0.15, -0.1) is 0 Å².